The Labute approximate surface area is 673 Å². The quantitative estimate of drug-likeness (QED) is 0.0130. The molecule has 0 bridgehead atoms. The lowest BCUT2D eigenvalue weighted by atomic mass is 10.00. The summed E-state index contributed by atoms with van der Waals surface area (Å²) in [5, 5.41) is 39.0. The Morgan fingerprint density at radius 1 is 0.377 bits per heavy atom. The first-order chi connectivity index (χ1) is 55.1. The number of aromatic amines is 8. The number of H-pyrrole nitrogens is 8. The summed E-state index contributed by atoms with van der Waals surface area (Å²) in [4.78, 5) is 56.5. The van der Waals surface area contributed by atoms with Crippen molar-refractivity contribution in [2.24, 2.45) is 20.0 Å². The average Bonchev–Trinajstić information content (AvgIpc) is 1.67. The highest BCUT2D eigenvalue weighted by Crippen LogP contribution is 2.37. The number of hydrogen-bond acceptors (Lipinski definition) is 12. The number of rotatable bonds is 38. The number of nitrogens with one attached hydrogen (secondary N) is 8. The molecule has 0 aromatic carbocycles. The molecule has 0 amide bonds. The van der Waals surface area contributed by atoms with Gasteiger partial charge in [0.2, 0.25) is 0 Å². The first-order valence-electron chi connectivity index (χ1n) is 40.3. The summed E-state index contributed by atoms with van der Waals surface area (Å²) in [6.45, 7) is 38.6. The molecule has 12 N–H and O–H groups in total. The molecule has 0 unspecified atom stereocenters. The number of aliphatic hydroxyl groups excluding tert-OH is 4. The van der Waals surface area contributed by atoms with Crippen molar-refractivity contribution in [3.05, 3.63) is 247 Å². The Bertz CT molecular complexity index is 4980. The van der Waals surface area contributed by atoms with Crippen LogP contribution < -0.4 is 0 Å². The van der Waals surface area contributed by atoms with Crippen LogP contribution in [0.2, 0.25) is 0 Å². The molecule has 4 aliphatic rings. The number of carbonyl (C=O) groups excluding carboxylic acids is 1. The lowest BCUT2D eigenvalue weighted by Crippen LogP contribution is -1.99. The predicted octanol–water partition coefficient (Wildman–Crippen LogP) is 22.0. The summed E-state index contributed by atoms with van der Waals surface area (Å²) >= 11 is 0. The molecule has 114 heavy (non-hydrogen) atoms. The summed E-state index contributed by atoms with van der Waals surface area (Å²) < 4.78 is 17.0. The molecule has 12 rings (SSSR count). The van der Waals surface area contributed by atoms with Gasteiger partial charge in [-0.3, -0.25) is 20.0 Å². The highest BCUT2D eigenvalue weighted by Gasteiger charge is 2.25. The van der Waals surface area contributed by atoms with Crippen molar-refractivity contribution in [3.8, 4) is 45.6 Å². The third-order valence-corrected chi connectivity index (χ3v) is 21.0. The molecule has 0 saturated carbocycles. The third kappa shape index (κ3) is 23.8. The first-order valence-corrected chi connectivity index (χ1v) is 40.3. The monoisotopic (exact) mass is 1540 g/mol. The summed E-state index contributed by atoms with van der Waals surface area (Å²) in [6.07, 6.45) is 31.6. The van der Waals surface area contributed by atoms with Gasteiger partial charge in [0.05, 0.1) is 132 Å². The maximum Gasteiger partial charge on any atom is 0.130 e. The van der Waals surface area contributed by atoms with E-state index in [0.717, 1.165) is 248 Å². The average molecular weight is 1550 g/mol. The third-order valence-electron chi connectivity index (χ3n) is 21.0. The van der Waals surface area contributed by atoms with E-state index in [4.69, 9.17) is 29.2 Å². The highest BCUT2D eigenvalue weighted by atomic mass is 16.5. The molecule has 20 nitrogen and oxygen atoms in total. The van der Waals surface area contributed by atoms with E-state index < -0.39 is 0 Å². The van der Waals surface area contributed by atoms with Crippen LogP contribution >= 0.6 is 0 Å². The Morgan fingerprint density at radius 3 is 0.912 bits per heavy atom. The van der Waals surface area contributed by atoms with E-state index >= 15 is 0 Å². The van der Waals surface area contributed by atoms with Gasteiger partial charge in [0, 0.05) is 118 Å². The van der Waals surface area contributed by atoms with Gasteiger partial charge in [-0.15, -0.1) is 0 Å². The first kappa shape index (κ1) is 86.9. The number of carbonyl (C=O) groups is 1. The predicted molar refractivity (Wildman–Crippen MR) is 468 cm³/mol. The largest absolute Gasteiger partial charge is 0.499 e. The smallest absolute Gasteiger partial charge is 0.130 e. The van der Waals surface area contributed by atoms with E-state index in [1.54, 1.807) is 6.92 Å². The van der Waals surface area contributed by atoms with Crippen molar-refractivity contribution in [2.75, 3.05) is 19.8 Å². The highest BCUT2D eigenvalue weighted by molar-refractivity contribution is 6.06. The van der Waals surface area contributed by atoms with E-state index in [0.29, 0.717) is 13.0 Å². The van der Waals surface area contributed by atoms with Gasteiger partial charge in [-0.25, -0.2) is 0 Å². The van der Waals surface area contributed by atoms with E-state index in [2.05, 4.69) is 106 Å². The minimum atomic E-state index is -0.0427. The molecule has 0 saturated heterocycles. The number of ether oxygens (including phenoxy) is 3. The van der Waals surface area contributed by atoms with Crippen LogP contribution in [-0.2, 0) is 45.4 Å². The van der Waals surface area contributed by atoms with Crippen LogP contribution in [0.15, 0.2) is 222 Å². The van der Waals surface area contributed by atoms with Gasteiger partial charge in [-0.2, -0.15) is 0 Å². The molecule has 4 aliphatic heterocycles. The SMILES string of the molecule is C=C(CCC1=C(C)C(=Cc2[nH]c(-c3ccc[nH]3)cc2CO)N=C1C)OCC.C=C(CCC1=C(C)C(=Cc2[nH]c(-c3ccc[nH]3)cc2CO)N=C1C)OCCCC.C=C(CCC1=C(C)C(=Cc2[nH]c(-c3ccc[nH]3)cc2CO)N=C1C)OCCCCCCCC.CC(=O)CCC1=C(C)C(=Cc2[nH]c(-c3ccc[nH]3)cc2CO)N=C1C. The van der Waals surface area contributed by atoms with Crippen molar-refractivity contribution in [2.45, 2.75) is 212 Å². The molecule has 20 heteroatoms. The van der Waals surface area contributed by atoms with Gasteiger partial charge >= 0.3 is 0 Å². The molecule has 12 heterocycles. The van der Waals surface area contributed by atoms with Crippen LogP contribution in [0.3, 0.4) is 0 Å². The van der Waals surface area contributed by atoms with E-state index in [1.807, 2.05) is 157 Å². The van der Waals surface area contributed by atoms with Gasteiger partial charge < -0.3 is 79.3 Å². The Kier molecular flexibility index (Phi) is 33.0. The van der Waals surface area contributed by atoms with E-state index in [1.165, 1.54) is 60.0 Å². The number of aromatic nitrogens is 8. The second-order valence-electron chi connectivity index (χ2n) is 29.3. The molecule has 8 aromatic heterocycles. The Balaban J connectivity index is 0.000000175. The van der Waals surface area contributed by atoms with Gasteiger partial charge in [0.15, 0.2) is 0 Å². The van der Waals surface area contributed by atoms with Gasteiger partial charge in [0.25, 0.3) is 0 Å². The normalized spacial score (nSPS) is 15.4. The van der Waals surface area contributed by atoms with Gasteiger partial charge in [-0.05, 0) is 249 Å². The lowest BCUT2D eigenvalue weighted by molar-refractivity contribution is -0.116. The van der Waals surface area contributed by atoms with Crippen LogP contribution in [0, 0.1) is 0 Å². The molecule has 0 spiro atoms. The fourth-order valence-electron chi connectivity index (χ4n) is 14.3. The maximum atomic E-state index is 11.3. The van der Waals surface area contributed by atoms with Crippen molar-refractivity contribution in [1.29, 1.82) is 0 Å². The Morgan fingerprint density at radius 2 is 0.649 bits per heavy atom. The molecular weight excluding hydrogens is 1430 g/mol. The number of allylic oxidation sites excluding steroid dienone is 11. The lowest BCUT2D eigenvalue weighted by Gasteiger charge is -2.10. The van der Waals surface area contributed by atoms with Crippen LogP contribution in [0.4, 0.5) is 0 Å². The molecule has 0 aliphatic carbocycles. The summed E-state index contributed by atoms with van der Waals surface area (Å²) in [6, 6.07) is 23.7. The minimum Gasteiger partial charge on any atom is -0.499 e. The topological polar surface area (TPSA) is 301 Å². The number of aliphatic imine (C=N–C) groups is 4. The van der Waals surface area contributed by atoms with E-state index in [9.17, 15) is 25.2 Å². The zero-order chi connectivity index (χ0) is 81.8. The number of ketones is 1. The number of Topliss-reactive ketones (excluding diaryl/α,β-unsaturated/α-hetero) is 1. The van der Waals surface area contributed by atoms with Crippen LogP contribution in [0.1, 0.15) is 231 Å². The molecule has 0 fully saturated rings. The van der Waals surface area contributed by atoms with Crippen molar-refractivity contribution in [1.82, 2.24) is 39.9 Å². The van der Waals surface area contributed by atoms with E-state index in [-0.39, 0.29) is 32.2 Å². The molecular formula is C94H120N12O8. The second-order valence-corrected chi connectivity index (χ2v) is 29.3. The summed E-state index contributed by atoms with van der Waals surface area (Å²) in [5.74, 6) is 2.70. The zero-order valence-corrected chi connectivity index (χ0v) is 69.1. The standard InChI is InChI=1S/C28H39N3O2.C24H31N3O2.C22H27N3O2.C20H23N3O2/c1-5-6-7-8-9-10-16-33-20(2)13-14-24-21(3)26(30-22(24)4)18-27-23(19-32)17-28(31-27)25-12-11-15-29-25;1-5-6-12-29-16(2)9-10-20-17(3)22(26-18(20)4)14-23-19(15-28)13-24(27-23)21-8-7-11-25-21;1-5-27-14(2)8-9-18-15(3)20(24-16(18)4)12-21-17(13-26)11-22(25-21)19-7-6-10-23-19;1-12(25)6-7-16-13(2)18(22-14(16)3)10-19-15(11-24)9-20(23-19)17-5-4-8-21-17/h11-12,15,17-18,29,31-32H,2,5-10,13-14,16,19H2,1,3-4H3;7-8,11,13-14,25,27-28H,2,5-6,9-10,12,15H2,1,3-4H3;6-7,10-12,23,25-26H,2,5,8-9,13H2,1,3-4H3;4-5,8-10,21,23-24H,6-7,11H2,1-3H3. The minimum absolute atomic E-state index is 0.0234. The zero-order valence-electron chi connectivity index (χ0n) is 69.1. The maximum absolute atomic E-state index is 11.3. The fraction of sp³-hybridized carbons (Fsp3) is 0.372. The van der Waals surface area contributed by atoms with Crippen LogP contribution in [0.5, 0.6) is 0 Å². The molecule has 8 aromatic rings. The van der Waals surface area contributed by atoms with Crippen molar-refractivity contribution >= 4 is 52.9 Å². The molecule has 0 atom stereocenters. The summed E-state index contributed by atoms with van der Waals surface area (Å²) in [5.41, 5.74) is 31.9. The number of nitrogens with zero attached hydrogens (tertiary/aromatic N) is 4. The number of hydrogen-bond donors (Lipinski definition) is 12. The van der Waals surface area contributed by atoms with Crippen LogP contribution in [-0.4, -0.2) is 109 Å². The Hall–Kier alpha value is -11.0. The summed E-state index contributed by atoms with van der Waals surface area (Å²) in [7, 11) is 0. The van der Waals surface area contributed by atoms with Crippen molar-refractivity contribution < 1.29 is 39.4 Å². The van der Waals surface area contributed by atoms with Gasteiger partial charge in [0.1, 0.15) is 5.78 Å². The number of aliphatic hydroxyl groups is 4. The fourth-order valence-corrected chi connectivity index (χ4v) is 14.3. The molecule has 0 radical (unpaired) electrons. The van der Waals surface area contributed by atoms with Gasteiger partial charge in [-0.1, -0.05) is 72.1 Å². The van der Waals surface area contributed by atoms with Crippen LogP contribution in [0.25, 0.3) is 69.9 Å². The second kappa shape index (κ2) is 43.3. The number of unbranched alkanes of at least 4 members (excludes halogenated alkanes) is 6. The molecule has 604 valence electrons. The van der Waals surface area contributed by atoms with Crippen molar-refractivity contribution in [3.63, 3.8) is 0 Å².